The molecular weight excluding hydrogens is 520 g/mol. The molecule has 2 heterocycles. The number of carbonyl (C=O) groups is 3. The summed E-state index contributed by atoms with van der Waals surface area (Å²) in [5.74, 6) is -0.754. The highest BCUT2D eigenvalue weighted by Crippen LogP contribution is 2.31. The van der Waals surface area contributed by atoms with Crippen molar-refractivity contribution in [3.63, 3.8) is 0 Å². The lowest BCUT2D eigenvalue weighted by Crippen LogP contribution is -2.50. The van der Waals surface area contributed by atoms with Gasteiger partial charge in [-0.05, 0) is 61.5 Å². The predicted octanol–water partition coefficient (Wildman–Crippen LogP) is 2.90. The first-order valence-electron chi connectivity index (χ1n) is 12.3. The van der Waals surface area contributed by atoms with E-state index >= 15 is 0 Å². The Bertz CT molecular complexity index is 1620. The van der Waals surface area contributed by atoms with Crippen molar-refractivity contribution in [2.24, 2.45) is 0 Å². The monoisotopic (exact) mass is 544 g/mol. The molecule has 1 fully saturated rings. The van der Waals surface area contributed by atoms with Crippen LogP contribution in [0.3, 0.4) is 0 Å². The number of carbonyl (C=O) groups excluding carboxylic acids is 3. The number of benzene rings is 3. The third kappa shape index (κ3) is 4.65. The van der Waals surface area contributed by atoms with Crippen molar-refractivity contribution in [3.8, 4) is 11.8 Å². The van der Waals surface area contributed by atoms with Crippen molar-refractivity contribution >= 4 is 33.4 Å². The first-order chi connectivity index (χ1) is 18.8. The van der Waals surface area contributed by atoms with Crippen LogP contribution in [0.2, 0.25) is 0 Å². The van der Waals surface area contributed by atoms with Gasteiger partial charge in [0, 0.05) is 31.7 Å². The standard InChI is InChI=1S/C28H24N4O6S/c1-2-38-22-10-8-21(9-11-22)32-27(34)23-12-7-19(17-24(23)28(32)35)26(33)30-13-15-31(16-14-30)39(36,37)25-6-4-3-5-20(25)18-29/h3-12,17H,2,13-16H2,1H3. The van der Waals surface area contributed by atoms with Crippen LogP contribution < -0.4 is 9.64 Å². The summed E-state index contributed by atoms with van der Waals surface area (Å²) in [7, 11) is -3.90. The van der Waals surface area contributed by atoms with Crippen LogP contribution in [0.5, 0.6) is 5.75 Å². The number of hydrogen-bond acceptors (Lipinski definition) is 7. The molecule has 0 aliphatic carbocycles. The second kappa shape index (κ2) is 10.3. The van der Waals surface area contributed by atoms with Gasteiger partial charge in [-0.1, -0.05) is 12.1 Å². The Balaban J connectivity index is 1.30. The quantitative estimate of drug-likeness (QED) is 0.437. The summed E-state index contributed by atoms with van der Waals surface area (Å²) in [6.07, 6.45) is 0. The fraction of sp³-hybridized carbons (Fsp3) is 0.214. The molecule has 5 rings (SSSR count). The Morgan fingerprint density at radius 1 is 0.923 bits per heavy atom. The van der Waals surface area contributed by atoms with E-state index in [0.29, 0.717) is 18.0 Å². The Labute approximate surface area is 225 Å². The highest BCUT2D eigenvalue weighted by atomic mass is 32.2. The molecule has 0 N–H and O–H groups in total. The maximum atomic E-state index is 13.3. The Hall–Kier alpha value is -4.53. The summed E-state index contributed by atoms with van der Waals surface area (Å²) >= 11 is 0. The number of sulfonamides is 1. The van der Waals surface area contributed by atoms with Crippen molar-refractivity contribution < 1.29 is 27.5 Å². The van der Waals surface area contributed by atoms with E-state index in [1.807, 2.05) is 13.0 Å². The normalized spacial score (nSPS) is 15.7. The molecule has 3 aromatic carbocycles. The molecule has 0 atom stereocenters. The zero-order valence-corrected chi connectivity index (χ0v) is 21.8. The number of amides is 3. The lowest BCUT2D eigenvalue weighted by atomic mass is 10.0. The summed E-state index contributed by atoms with van der Waals surface area (Å²) in [6, 6.07) is 18.9. The van der Waals surface area contributed by atoms with Crippen LogP contribution >= 0.6 is 0 Å². The van der Waals surface area contributed by atoms with E-state index < -0.39 is 21.8 Å². The summed E-state index contributed by atoms with van der Waals surface area (Å²) in [5, 5.41) is 9.30. The maximum absolute atomic E-state index is 13.3. The minimum atomic E-state index is -3.90. The highest BCUT2D eigenvalue weighted by molar-refractivity contribution is 7.89. The molecule has 3 amide bonds. The van der Waals surface area contributed by atoms with Gasteiger partial charge in [-0.25, -0.2) is 13.3 Å². The second-order valence-corrected chi connectivity index (χ2v) is 10.8. The summed E-state index contributed by atoms with van der Waals surface area (Å²) in [4.78, 5) is 41.9. The Morgan fingerprint density at radius 3 is 2.26 bits per heavy atom. The minimum absolute atomic E-state index is 0.0573. The van der Waals surface area contributed by atoms with E-state index in [0.717, 1.165) is 4.90 Å². The molecule has 0 unspecified atom stereocenters. The molecule has 0 aromatic heterocycles. The Kier molecular flexibility index (Phi) is 6.91. The first kappa shape index (κ1) is 26.1. The van der Waals surface area contributed by atoms with Crippen molar-refractivity contribution in [2.45, 2.75) is 11.8 Å². The summed E-state index contributed by atoms with van der Waals surface area (Å²) in [5.41, 5.74) is 1.03. The molecular formula is C28H24N4O6S. The average molecular weight is 545 g/mol. The maximum Gasteiger partial charge on any atom is 0.266 e. The molecule has 0 bridgehead atoms. The molecule has 0 saturated carbocycles. The molecule has 0 radical (unpaired) electrons. The minimum Gasteiger partial charge on any atom is -0.494 e. The van der Waals surface area contributed by atoms with Crippen molar-refractivity contribution in [2.75, 3.05) is 37.7 Å². The third-order valence-corrected chi connectivity index (χ3v) is 8.65. The van der Waals surface area contributed by atoms with Gasteiger partial charge in [0.05, 0.1) is 33.9 Å². The van der Waals surface area contributed by atoms with Crippen molar-refractivity contribution in [3.05, 3.63) is 89.0 Å². The molecule has 39 heavy (non-hydrogen) atoms. The van der Waals surface area contributed by atoms with Gasteiger partial charge in [0.25, 0.3) is 17.7 Å². The van der Waals surface area contributed by atoms with Crippen LogP contribution in [0.15, 0.2) is 71.6 Å². The molecule has 0 spiro atoms. The topological polar surface area (TPSA) is 128 Å². The van der Waals surface area contributed by atoms with E-state index in [9.17, 15) is 28.1 Å². The number of anilines is 1. The van der Waals surface area contributed by atoms with Crippen molar-refractivity contribution in [1.82, 2.24) is 9.21 Å². The van der Waals surface area contributed by atoms with Gasteiger partial charge in [0.1, 0.15) is 11.8 Å². The number of nitriles is 1. The van der Waals surface area contributed by atoms with E-state index in [-0.39, 0.29) is 59.2 Å². The van der Waals surface area contributed by atoms with Crippen LogP contribution in [0.25, 0.3) is 0 Å². The molecule has 198 valence electrons. The number of piperazine rings is 1. The third-order valence-electron chi connectivity index (χ3n) is 6.69. The van der Waals surface area contributed by atoms with Gasteiger partial charge < -0.3 is 9.64 Å². The lowest BCUT2D eigenvalue weighted by Gasteiger charge is -2.34. The predicted molar refractivity (Wildman–Crippen MR) is 141 cm³/mol. The van der Waals surface area contributed by atoms with E-state index in [1.165, 1.54) is 39.5 Å². The van der Waals surface area contributed by atoms with Crippen LogP contribution in [0, 0.1) is 11.3 Å². The first-order valence-corrected chi connectivity index (χ1v) is 13.7. The molecule has 2 aliphatic rings. The number of ether oxygens (including phenoxy) is 1. The largest absolute Gasteiger partial charge is 0.494 e. The number of fused-ring (bicyclic) bond motifs is 1. The fourth-order valence-electron chi connectivity index (χ4n) is 4.70. The molecule has 2 aliphatic heterocycles. The molecule has 10 nitrogen and oxygen atoms in total. The van der Waals surface area contributed by atoms with E-state index in [2.05, 4.69) is 0 Å². The number of nitrogens with zero attached hydrogens (tertiary/aromatic N) is 4. The van der Waals surface area contributed by atoms with Gasteiger partial charge in [0.15, 0.2) is 0 Å². The number of hydrogen-bond donors (Lipinski definition) is 0. The van der Waals surface area contributed by atoms with Gasteiger partial charge in [-0.3, -0.25) is 14.4 Å². The van der Waals surface area contributed by atoms with Gasteiger partial charge in [-0.15, -0.1) is 0 Å². The van der Waals surface area contributed by atoms with E-state index in [4.69, 9.17) is 4.74 Å². The van der Waals surface area contributed by atoms with Gasteiger partial charge >= 0.3 is 0 Å². The zero-order valence-electron chi connectivity index (χ0n) is 21.0. The molecule has 1 saturated heterocycles. The zero-order chi connectivity index (χ0) is 27.7. The van der Waals surface area contributed by atoms with E-state index in [1.54, 1.807) is 36.4 Å². The SMILES string of the molecule is CCOc1ccc(N2C(=O)c3ccc(C(=O)N4CCN(S(=O)(=O)c5ccccc5C#N)CC4)cc3C2=O)cc1. The van der Waals surface area contributed by atoms with Crippen LogP contribution in [-0.4, -0.2) is 68.1 Å². The number of imide groups is 1. The Morgan fingerprint density at radius 2 is 1.59 bits per heavy atom. The molecule has 11 heteroatoms. The van der Waals surface area contributed by atoms with Gasteiger partial charge in [0.2, 0.25) is 10.0 Å². The van der Waals surface area contributed by atoms with Gasteiger partial charge in [-0.2, -0.15) is 9.57 Å². The van der Waals surface area contributed by atoms with Crippen LogP contribution in [0.4, 0.5) is 5.69 Å². The van der Waals surface area contributed by atoms with Crippen LogP contribution in [-0.2, 0) is 10.0 Å². The summed E-state index contributed by atoms with van der Waals surface area (Å²) < 4.78 is 32.9. The highest BCUT2D eigenvalue weighted by Gasteiger charge is 2.38. The number of rotatable bonds is 6. The molecule has 3 aromatic rings. The lowest BCUT2D eigenvalue weighted by molar-refractivity contribution is 0.0697. The van der Waals surface area contributed by atoms with Crippen LogP contribution in [0.1, 0.15) is 43.6 Å². The van der Waals surface area contributed by atoms with Crippen molar-refractivity contribution in [1.29, 1.82) is 5.26 Å². The fourth-order valence-corrected chi connectivity index (χ4v) is 6.27. The smallest absolute Gasteiger partial charge is 0.266 e. The average Bonchev–Trinajstić information content (AvgIpc) is 3.22. The second-order valence-electron chi connectivity index (χ2n) is 8.94. The summed E-state index contributed by atoms with van der Waals surface area (Å²) in [6.45, 7) is 2.73.